The first kappa shape index (κ1) is 21.6. The molecule has 1 heterocycles. The molecule has 0 amide bonds. The Morgan fingerprint density at radius 3 is 2.65 bits per heavy atom. The summed E-state index contributed by atoms with van der Waals surface area (Å²) in [4.78, 5) is 13.2. The van der Waals surface area contributed by atoms with E-state index in [1.54, 1.807) is 0 Å². The molecule has 1 saturated heterocycles. The normalized spacial score (nSPS) is 17.8. The zero-order valence-corrected chi connectivity index (χ0v) is 18.2. The van der Waals surface area contributed by atoms with Crippen molar-refractivity contribution in [2.24, 2.45) is 11.8 Å². The van der Waals surface area contributed by atoms with Crippen molar-refractivity contribution in [3.8, 4) is 5.75 Å². The fraction of sp³-hybridized carbons (Fsp3) is 0.423. The Labute approximate surface area is 183 Å². The van der Waals surface area contributed by atoms with Crippen molar-refractivity contribution in [3.05, 3.63) is 70.5 Å². The Morgan fingerprint density at radius 2 is 1.94 bits per heavy atom. The minimum Gasteiger partial charge on any atom is -0.493 e. The summed E-state index contributed by atoms with van der Waals surface area (Å²) in [5.74, 6) is 0.134. The van der Waals surface area contributed by atoms with Crippen LogP contribution in [0.25, 0.3) is 5.57 Å². The van der Waals surface area contributed by atoms with E-state index in [1.165, 1.54) is 34.4 Å². The van der Waals surface area contributed by atoms with E-state index in [9.17, 15) is 9.18 Å². The predicted molar refractivity (Wildman–Crippen MR) is 120 cm³/mol. The van der Waals surface area contributed by atoms with E-state index >= 15 is 0 Å². The molecule has 4 rings (SSSR count). The maximum atomic E-state index is 13.1. The monoisotopic (exact) mass is 423 g/mol. The minimum atomic E-state index is -0.685. The van der Waals surface area contributed by atoms with E-state index < -0.39 is 5.97 Å². The Balaban J connectivity index is 1.33. The molecule has 1 N–H and O–H groups in total. The van der Waals surface area contributed by atoms with Crippen LogP contribution < -0.4 is 4.74 Å². The summed E-state index contributed by atoms with van der Waals surface area (Å²) < 4.78 is 19.1. The van der Waals surface area contributed by atoms with Gasteiger partial charge in [0.25, 0.3) is 0 Å². The van der Waals surface area contributed by atoms with Gasteiger partial charge in [0.15, 0.2) is 0 Å². The first-order valence-corrected chi connectivity index (χ1v) is 11.0. The lowest BCUT2D eigenvalue weighted by Gasteiger charge is -2.38. The molecular weight excluding hydrogens is 393 g/mol. The second kappa shape index (κ2) is 9.23. The number of nitrogens with zero attached hydrogens (tertiary/aromatic N) is 1. The molecule has 2 aromatic carbocycles. The van der Waals surface area contributed by atoms with Gasteiger partial charge in [0.1, 0.15) is 11.6 Å². The lowest BCUT2D eigenvalue weighted by atomic mass is 9.85. The lowest BCUT2D eigenvalue weighted by molar-refractivity contribution is -0.147. The van der Waals surface area contributed by atoms with E-state index in [1.807, 2.05) is 18.2 Å². The fourth-order valence-electron chi connectivity index (χ4n) is 4.54. The molecule has 1 aliphatic carbocycles. The van der Waals surface area contributed by atoms with Crippen molar-refractivity contribution in [2.45, 2.75) is 33.1 Å². The second-order valence-corrected chi connectivity index (χ2v) is 9.02. The van der Waals surface area contributed by atoms with Crippen LogP contribution in [0.4, 0.5) is 4.39 Å². The van der Waals surface area contributed by atoms with Crippen molar-refractivity contribution in [1.82, 2.24) is 4.90 Å². The average molecular weight is 424 g/mol. The second-order valence-electron chi connectivity index (χ2n) is 9.02. The molecule has 1 atom stereocenters. The SMILES string of the molecule is CC1=C(CN2CC(C(=O)O)C2)CCc2cc(OC[C@H](C)Cc3ccc(F)cc3)ccc21. The number of allylic oxidation sites excluding steroid dienone is 1. The smallest absolute Gasteiger partial charge is 0.309 e. The number of ether oxygens (including phenoxy) is 1. The fourth-order valence-corrected chi connectivity index (χ4v) is 4.54. The molecule has 0 saturated carbocycles. The third kappa shape index (κ3) is 5.16. The number of fused-ring (bicyclic) bond motifs is 1. The first-order chi connectivity index (χ1) is 14.9. The van der Waals surface area contributed by atoms with Crippen LogP contribution in [0.2, 0.25) is 0 Å². The van der Waals surface area contributed by atoms with Gasteiger partial charge in [-0.3, -0.25) is 9.69 Å². The predicted octanol–water partition coefficient (Wildman–Crippen LogP) is 4.82. The van der Waals surface area contributed by atoms with Crippen LogP contribution in [0, 0.1) is 17.7 Å². The van der Waals surface area contributed by atoms with Gasteiger partial charge >= 0.3 is 5.97 Å². The van der Waals surface area contributed by atoms with Gasteiger partial charge in [-0.1, -0.05) is 30.7 Å². The van der Waals surface area contributed by atoms with Crippen molar-refractivity contribution in [1.29, 1.82) is 0 Å². The van der Waals surface area contributed by atoms with Gasteiger partial charge in [0.05, 0.1) is 12.5 Å². The third-order valence-corrected chi connectivity index (χ3v) is 6.46. The molecule has 0 aromatic heterocycles. The summed E-state index contributed by atoms with van der Waals surface area (Å²) >= 11 is 0. The average Bonchev–Trinajstić information content (AvgIpc) is 2.71. The number of likely N-dealkylation sites (tertiary alicyclic amines) is 1. The molecule has 0 unspecified atom stereocenters. The van der Waals surface area contributed by atoms with Crippen molar-refractivity contribution in [2.75, 3.05) is 26.2 Å². The standard InChI is InChI=1S/C26H30FNO3/c1-17(11-19-3-7-23(27)8-4-19)16-31-24-9-10-25-18(2)21(6-5-20(25)12-24)13-28-14-22(15-28)26(29)30/h3-4,7-10,12,17,22H,5-6,11,13-16H2,1-2H3,(H,29,30)/t17-/m1/s1. The largest absolute Gasteiger partial charge is 0.493 e. The molecule has 2 aliphatic rings. The molecule has 4 nitrogen and oxygen atoms in total. The highest BCUT2D eigenvalue weighted by molar-refractivity contribution is 5.73. The number of hydrogen-bond donors (Lipinski definition) is 1. The van der Waals surface area contributed by atoms with Crippen LogP contribution >= 0.6 is 0 Å². The number of halogens is 1. The molecule has 1 aliphatic heterocycles. The molecule has 5 heteroatoms. The van der Waals surface area contributed by atoms with Crippen LogP contribution in [-0.4, -0.2) is 42.2 Å². The summed E-state index contributed by atoms with van der Waals surface area (Å²) in [5.41, 5.74) is 6.45. The summed E-state index contributed by atoms with van der Waals surface area (Å²) in [6.07, 6.45) is 2.85. The quantitative estimate of drug-likeness (QED) is 0.661. The van der Waals surface area contributed by atoms with Crippen LogP contribution in [0.1, 0.15) is 37.0 Å². The van der Waals surface area contributed by atoms with Crippen LogP contribution in [0.5, 0.6) is 5.75 Å². The molecular formula is C26H30FNO3. The third-order valence-electron chi connectivity index (χ3n) is 6.46. The summed E-state index contributed by atoms with van der Waals surface area (Å²) in [6.45, 7) is 7.12. The number of rotatable bonds is 8. The summed E-state index contributed by atoms with van der Waals surface area (Å²) in [6, 6.07) is 13.0. The van der Waals surface area contributed by atoms with Crippen molar-refractivity contribution >= 4 is 11.5 Å². The molecule has 31 heavy (non-hydrogen) atoms. The lowest BCUT2D eigenvalue weighted by Crippen LogP contribution is -2.50. The zero-order chi connectivity index (χ0) is 22.0. The zero-order valence-electron chi connectivity index (χ0n) is 18.2. The van der Waals surface area contributed by atoms with Crippen LogP contribution in [-0.2, 0) is 17.6 Å². The maximum Gasteiger partial charge on any atom is 0.309 e. The van der Waals surface area contributed by atoms with Crippen LogP contribution in [0.3, 0.4) is 0 Å². The molecule has 164 valence electrons. The number of carboxylic acid groups (broad SMARTS) is 1. The Kier molecular flexibility index (Phi) is 6.42. The van der Waals surface area contributed by atoms with Gasteiger partial charge in [-0.05, 0) is 78.6 Å². The highest BCUT2D eigenvalue weighted by Gasteiger charge is 2.33. The molecule has 0 radical (unpaired) electrons. The van der Waals surface area contributed by atoms with Crippen molar-refractivity contribution < 1.29 is 19.0 Å². The van der Waals surface area contributed by atoms with Gasteiger partial charge in [-0.2, -0.15) is 0 Å². The highest BCUT2D eigenvalue weighted by Crippen LogP contribution is 2.34. The van der Waals surface area contributed by atoms with E-state index in [2.05, 4.69) is 30.9 Å². The minimum absolute atomic E-state index is 0.205. The van der Waals surface area contributed by atoms with E-state index in [0.717, 1.165) is 37.1 Å². The molecule has 0 spiro atoms. The summed E-state index contributed by atoms with van der Waals surface area (Å²) in [5, 5.41) is 9.06. The molecule has 1 fully saturated rings. The number of carbonyl (C=O) groups is 1. The topological polar surface area (TPSA) is 49.8 Å². The number of carboxylic acids is 1. The van der Waals surface area contributed by atoms with E-state index in [4.69, 9.17) is 9.84 Å². The van der Waals surface area contributed by atoms with Gasteiger partial charge < -0.3 is 9.84 Å². The Morgan fingerprint density at radius 1 is 1.19 bits per heavy atom. The number of hydrogen-bond acceptors (Lipinski definition) is 3. The molecule has 0 bridgehead atoms. The summed E-state index contributed by atoms with van der Waals surface area (Å²) in [7, 11) is 0. The van der Waals surface area contributed by atoms with E-state index in [-0.39, 0.29) is 11.7 Å². The van der Waals surface area contributed by atoms with Gasteiger partial charge in [0.2, 0.25) is 0 Å². The van der Waals surface area contributed by atoms with Crippen LogP contribution in [0.15, 0.2) is 48.0 Å². The first-order valence-electron chi connectivity index (χ1n) is 11.0. The van der Waals surface area contributed by atoms with Gasteiger partial charge in [-0.15, -0.1) is 0 Å². The maximum absolute atomic E-state index is 13.1. The number of aliphatic carboxylic acids is 1. The van der Waals surface area contributed by atoms with Crippen molar-refractivity contribution in [3.63, 3.8) is 0 Å². The number of benzene rings is 2. The highest BCUT2D eigenvalue weighted by atomic mass is 19.1. The Bertz CT molecular complexity index is 977. The van der Waals surface area contributed by atoms with Gasteiger partial charge in [0, 0.05) is 19.6 Å². The number of aryl methyl sites for hydroxylation is 1. The Hall–Kier alpha value is -2.66. The van der Waals surface area contributed by atoms with Gasteiger partial charge in [-0.25, -0.2) is 4.39 Å². The molecule has 2 aromatic rings. The van der Waals surface area contributed by atoms with E-state index in [0.29, 0.717) is 25.6 Å².